The summed E-state index contributed by atoms with van der Waals surface area (Å²) < 4.78 is 0. The number of rotatable bonds is 0. The van der Waals surface area contributed by atoms with E-state index in [0.717, 1.165) is 0 Å². The number of H-pyrrole nitrogens is 1. The Morgan fingerprint density at radius 3 is 1.25 bits per heavy atom. The molecule has 0 aliphatic carbocycles. The predicted octanol–water partition coefficient (Wildman–Crippen LogP) is 2.50. The first-order valence-corrected chi connectivity index (χ1v) is 5.11. The van der Waals surface area contributed by atoms with Crippen LogP contribution in [0.5, 0.6) is 0 Å². The first-order chi connectivity index (χ1) is 9.45. The molecule has 3 aromatic rings. The van der Waals surface area contributed by atoms with Crippen molar-refractivity contribution in [3.63, 3.8) is 0 Å². The van der Waals surface area contributed by atoms with Crippen molar-refractivity contribution in [2.24, 2.45) is 0 Å². The Morgan fingerprint density at radius 1 is 0.600 bits per heavy atom. The number of benzene rings is 2. The molecule has 3 rings (SSSR count). The number of hydrogen-bond donors (Lipinski definition) is 1. The van der Waals surface area contributed by atoms with Gasteiger partial charge < -0.3 is 19.4 Å². The second-order valence-corrected chi connectivity index (χ2v) is 3.22. The number of aromatic amines is 1. The molecule has 2 aromatic carbocycles. The summed E-state index contributed by atoms with van der Waals surface area (Å²) >= 11 is 0. The topological polar surface area (TPSA) is 67.0 Å². The molecule has 0 fully saturated rings. The van der Waals surface area contributed by atoms with Crippen molar-refractivity contribution >= 4 is 42.2 Å². The van der Waals surface area contributed by atoms with E-state index in [1.54, 1.807) is 0 Å². The fraction of sp³-hybridized carbons (Fsp3) is 0. The van der Waals surface area contributed by atoms with Gasteiger partial charge in [-0.15, -0.1) is 0 Å². The van der Waals surface area contributed by atoms with Crippen LogP contribution in [0.25, 0.3) is 21.8 Å². The second kappa shape index (κ2) is 11.8. The number of nitrogens with one attached hydrogen (secondary N) is 1. The molecular weight excluding hydrogens is 298 g/mol. The van der Waals surface area contributed by atoms with Crippen LogP contribution in [0.4, 0.5) is 0 Å². The minimum absolute atomic E-state index is 0. The van der Waals surface area contributed by atoms with Gasteiger partial charge in [0.15, 0.2) is 0 Å². The minimum atomic E-state index is 0. The molecule has 103 valence electrons. The van der Waals surface area contributed by atoms with Gasteiger partial charge >= 0.3 is 17.1 Å². The van der Waals surface area contributed by atoms with Crippen molar-refractivity contribution in [3.8, 4) is 0 Å². The van der Waals surface area contributed by atoms with Crippen molar-refractivity contribution in [2.45, 2.75) is 0 Å². The fourth-order valence-corrected chi connectivity index (χ4v) is 1.80. The Hall–Kier alpha value is -2.23. The maximum absolute atomic E-state index is 7.75. The largest absolute Gasteiger partial charge is 3.00 e. The normalized spacial score (nSPS) is 7.80. The number of para-hydroxylation sites is 2. The van der Waals surface area contributed by atoms with E-state index in [-0.39, 0.29) is 17.1 Å². The Labute approximate surface area is 127 Å². The van der Waals surface area contributed by atoms with Gasteiger partial charge in [-0.05, 0) is 12.1 Å². The van der Waals surface area contributed by atoms with Gasteiger partial charge in [-0.3, -0.25) is 20.4 Å². The van der Waals surface area contributed by atoms with E-state index in [0.29, 0.717) is 0 Å². The zero-order valence-corrected chi connectivity index (χ0v) is 11.5. The first kappa shape index (κ1) is 20.1. The summed E-state index contributed by atoms with van der Waals surface area (Å²) in [6, 6.07) is 16.8. The quantitative estimate of drug-likeness (QED) is 0.394. The Morgan fingerprint density at radius 2 is 0.900 bits per heavy atom. The van der Waals surface area contributed by atoms with Gasteiger partial charge in [0.2, 0.25) is 0 Å². The molecule has 0 saturated heterocycles. The smallest absolute Gasteiger partial charge is 0.545 e. The summed E-state index contributed by atoms with van der Waals surface area (Å²) in [6.07, 6.45) is 0. The van der Waals surface area contributed by atoms with Crippen LogP contribution in [-0.4, -0.2) is 25.4 Å². The molecule has 1 N–H and O–H groups in total. The second-order valence-electron chi connectivity index (χ2n) is 3.22. The third-order valence-corrected chi connectivity index (χ3v) is 2.41. The number of aromatic nitrogens is 1. The first-order valence-electron chi connectivity index (χ1n) is 5.11. The Bertz CT molecular complexity index is 569. The van der Waals surface area contributed by atoms with Crippen LogP contribution in [0.15, 0.2) is 48.5 Å². The van der Waals surface area contributed by atoms with Gasteiger partial charge in [0.1, 0.15) is 0 Å². The molecule has 0 aliphatic rings. The summed E-state index contributed by atoms with van der Waals surface area (Å²) in [5, 5.41) is 2.61. The summed E-state index contributed by atoms with van der Waals surface area (Å²) in [5.41, 5.74) is 2.42. The predicted molar refractivity (Wildman–Crippen MR) is 76.1 cm³/mol. The summed E-state index contributed by atoms with van der Waals surface area (Å²) in [6.45, 7) is 9.75. The monoisotopic (exact) mass is 310 g/mol. The molecule has 0 spiro atoms. The van der Waals surface area contributed by atoms with Crippen molar-refractivity contribution < 1.29 is 31.5 Å². The van der Waals surface area contributed by atoms with Gasteiger partial charge in [0, 0.05) is 21.8 Å². The zero-order chi connectivity index (χ0) is 14.7. The average molecular weight is 310 g/mol. The molecule has 0 unspecified atom stereocenters. The molecule has 1 heterocycles. The van der Waals surface area contributed by atoms with Crippen molar-refractivity contribution in [3.05, 3.63) is 48.5 Å². The molecule has 0 saturated carbocycles. The molecule has 0 amide bonds. The van der Waals surface area contributed by atoms with Gasteiger partial charge in [-0.25, -0.2) is 0 Å². The molecule has 4 nitrogen and oxygen atoms in total. The number of carbonyl (C=O) groups excluding carboxylic acids is 3. The van der Waals surface area contributed by atoms with E-state index in [1.807, 2.05) is 0 Å². The number of fused-ring (bicyclic) bond motifs is 3. The third-order valence-electron chi connectivity index (χ3n) is 2.41. The molecular formula is C15H12FeNO3. The summed E-state index contributed by atoms with van der Waals surface area (Å²) in [4.78, 5) is 26.6. The zero-order valence-electron chi connectivity index (χ0n) is 10.4. The van der Waals surface area contributed by atoms with Gasteiger partial charge in [0.25, 0.3) is 0 Å². The minimum Gasteiger partial charge on any atom is -0.545 e. The van der Waals surface area contributed by atoms with Crippen LogP contribution in [0, 0.1) is 0 Å². The molecule has 0 aliphatic heterocycles. The summed E-state index contributed by atoms with van der Waals surface area (Å²) in [7, 11) is 0. The van der Waals surface area contributed by atoms with Gasteiger partial charge in [-0.2, -0.15) is 0 Å². The molecule has 0 atom stereocenters. The van der Waals surface area contributed by atoms with Crippen LogP contribution in [0.1, 0.15) is 0 Å². The molecule has 1 radical (unpaired) electrons. The van der Waals surface area contributed by atoms with E-state index in [1.165, 1.54) is 21.8 Å². The summed E-state index contributed by atoms with van der Waals surface area (Å²) in [5.74, 6) is 0. The van der Waals surface area contributed by atoms with E-state index in [9.17, 15) is 0 Å². The van der Waals surface area contributed by atoms with Crippen LogP contribution in [0.2, 0.25) is 0 Å². The van der Waals surface area contributed by atoms with E-state index in [4.69, 9.17) is 14.4 Å². The van der Waals surface area contributed by atoms with E-state index < -0.39 is 0 Å². The number of hydrogen-bond acceptors (Lipinski definition) is 3. The molecule has 1 aromatic heterocycles. The van der Waals surface area contributed by atoms with Gasteiger partial charge in [0.05, 0.1) is 0 Å². The van der Waals surface area contributed by atoms with Crippen LogP contribution < -0.4 is 0 Å². The Kier molecular flexibility index (Phi) is 11.9. The SMILES string of the molecule is [CH-]=O.[CH-]=O.[CH-]=O.[Fe+3].c1ccc2c(c1)[nH]c1ccccc12. The van der Waals surface area contributed by atoms with Crippen LogP contribution >= 0.6 is 0 Å². The molecule has 5 heteroatoms. The van der Waals surface area contributed by atoms with Crippen LogP contribution in [0.3, 0.4) is 0 Å². The van der Waals surface area contributed by atoms with E-state index >= 15 is 0 Å². The fourth-order valence-electron chi connectivity index (χ4n) is 1.80. The standard InChI is InChI=1S/C12H9N.3CHO.Fe/c1-3-7-11-9(5-1)10-6-2-4-8-12(10)13-11;3*1-2;/h1-8,13H;3*1H;/q;3*-1;+3. The van der Waals surface area contributed by atoms with Crippen molar-refractivity contribution in [1.82, 2.24) is 4.98 Å². The van der Waals surface area contributed by atoms with Crippen molar-refractivity contribution in [2.75, 3.05) is 0 Å². The van der Waals surface area contributed by atoms with Gasteiger partial charge in [-0.1, -0.05) is 36.4 Å². The Balaban J connectivity index is 0. The molecule has 20 heavy (non-hydrogen) atoms. The maximum Gasteiger partial charge on any atom is 3.00 e. The van der Waals surface area contributed by atoms with E-state index in [2.05, 4.69) is 73.9 Å². The average Bonchev–Trinajstić information content (AvgIpc) is 2.92. The van der Waals surface area contributed by atoms with Crippen molar-refractivity contribution in [1.29, 1.82) is 0 Å². The third kappa shape index (κ3) is 4.46. The van der Waals surface area contributed by atoms with Crippen LogP contribution in [-0.2, 0) is 31.5 Å². The maximum atomic E-state index is 7.75. The molecule has 0 bridgehead atoms.